The molecule has 0 aliphatic heterocycles. The number of benzene rings is 2. The van der Waals surface area contributed by atoms with Gasteiger partial charge < -0.3 is 10.5 Å². The Morgan fingerprint density at radius 1 is 1.10 bits per heavy atom. The lowest BCUT2D eigenvalue weighted by molar-refractivity contribution is 0.306. The molecule has 2 N–H and O–H groups in total. The fourth-order valence-electron chi connectivity index (χ4n) is 2.18. The standard InChI is InChI=1S/C18H21NOS/c1-2-3-6-14-9-11-16(12-10-14)20-13-15-7-4-5-8-17(15)18(19)21/h4-5,7-12H,2-3,6,13H2,1H3,(H2,19,21). The maximum absolute atomic E-state index is 5.83. The van der Waals surface area contributed by atoms with E-state index in [1.807, 2.05) is 36.4 Å². The van der Waals surface area contributed by atoms with Crippen LogP contribution in [0.25, 0.3) is 0 Å². The van der Waals surface area contributed by atoms with Gasteiger partial charge in [-0.25, -0.2) is 0 Å². The Labute approximate surface area is 131 Å². The molecule has 0 saturated heterocycles. The minimum Gasteiger partial charge on any atom is -0.489 e. The summed E-state index contributed by atoms with van der Waals surface area (Å²) >= 11 is 5.06. The Kier molecular flexibility index (Phi) is 5.76. The number of rotatable bonds is 7. The van der Waals surface area contributed by atoms with Crippen molar-refractivity contribution < 1.29 is 4.74 Å². The quantitative estimate of drug-likeness (QED) is 0.777. The highest BCUT2D eigenvalue weighted by Gasteiger charge is 2.05. The number of unbranched alkanes of at least 4 members (excludes halogenated alkanes) is 1. The predicted molar refractivity (Wildman–Crippen MR) is 91.7 cm³/mol. The first-order chi connectivity index (χ1) is 10.2. The summed E-state index contributed by atoms with van der Waals surface area (Å²) in [6.45, 7) is 2.68. The number of nitrogens with two attached hydrogens (primary N) is 1. The molecule has 0 spiro atoms. The Bertz CT molecular complexity index is 592. The van der Waals surface area contributed by atoms with Crippen molar-refractivity contribution in [3.05, 3.63) is 65.2 Å². The zero-order chi connectivity index (χ0) is 15.1. The third-order valence-corrected chi connectivity index (χ3v) is 3.64. The van der Waals surface area contributed by atoms with Gasteiger partial charge >= 0.3 is 0 Å². The highest BCUT2D eigenvalue weighted by atomic mass is 32.1. The molecule has 0 aromatic heterocycles. The van der Waals surface area contributed by atoms with Gasteiger partial charge in [-0.05, 0) is 36.1 Å². The van der Waals surface area contributed by atoms with E-state index in [1.165, 1.54) is 18.4 Å². The van der Waals surface area contributed by atoms with Crippen LogP contribution >= 0.6 is 12.2 Å². The summed E-state index contributed by atoms with van der Waals surface area (Å²) in [7, 11) is 0. The van der Waals surface area contributed by atoms with Crippen LogP contribution in [-0.2, 0) is 13.0 Å². The fourth-order valence-corrected chi connectivity index (χ4v) is 2.38. The van der Waals surface area contributed by atoms with Crippen LogP contribution in [0.2, 0.25) is 0 Å². The number of thiocarbonyl (C=S) groups is 1. The highest BCUT2D eigenvalue weighted by molar-refractivity contribution is 7.80. The van der Waals surface area contributed by atoms with E-state index in [1.54, 1.807) is 0 Å². The number of hydrogen-bond donors (Lipinski definition) is 1. The molecular weight excluding hydrogens is 278 g/mol. The summed E-state index contributed by atoms with van der Waals surface area (Å²) in [6, 6.07) is 16.1. The Balaban J connectivity index is 1.98. The first-order valence-corrected chi connectivity index (χ1v) is 7.71. The zero-order valence-electron chi connectivity index (χ0n) is 12.3. The highest BCUT2D eigenvalue weighted by Crippen LogP contribution is 2.17. The van der Waals surface area contributed by atoms with Crippen LogP contribution < -0.4 is 10.5 Å². The van der Waals surface area contributed by atoms with Gasteiger partial charge in [0.25, 0.3) is 0 Å². The molecule has 0 unspecified atom stereocenters. The number of ether oxygens (including phenoxy) is 1. The van der Waals surface area contributed by atoms with E-state index >= 15 is 0 Å². The van der Waals surface area contributed by atoms with E-state index in [0.29, 0.717) is 11.6 Å². The van der Waals surface area contributed by atoms with Crippen LogP contribution in [0.3, 0.4) is 0 Å². The molecule has 110 valence electrons. The molecule has 21 heavy (non-hydrogen) atoms. The van der Waals surface area contributed by atoms with E-state index < -0.39 is 0 Å². The van der Waals surface area contributed by atoms with Crippen LogP contribution in [0.5, 0.6) is 5.75 Å². The van der Waals surface area contributed by atoms with Crippen molar-refractivity contribution in [2.24, 2.45) is 5.73 Å². The van der Waals surface area contributed by atoms with Crippen molar-refractivity contribution in [3.63, 3.8) is 0 Å². The topological polar surface area (TPSA) is 35.2 Å². The lowest BCUT2D eigenvalue weighted by atomic mass is 10.1. The zero-order valence-corrected chi connectivity index (χ0v) is 13.2. The molecule has 0 radical (unpaired) electrons. The van der Waals surface area contributed by atoms with E-state index in [2.05, 4.69) is 19.1 Å². The third-order valence-electron chi connectivity index (χ3n) is 3.42. The Morgan fingerprint density at radius 3 is 2.48 bits per heavy atom. The maximum atomic E-state index is 5.83. The van der Waals surface area contributed by atoms with Crippen molar-refractivity contribution in [2.45, 2.75) is 32.8 Å². The average Bonchev–Trinajstić information content (AvgIpc) is 2.52. The molecule has 0 bridgehead atoms. The first kappa shape index (κ1) is 15.5. The molecule has 0 aliphatic rings. The van der Waals surface area contributed by atoms with Crippen molar-refractivity contribution in [1.82, 2.24) is 0 Å². The molecule has 2 aromatic rings. The monoisotopic (exact) mass is 299 g/mol. The van der Waals surface area contributed by atoms with E-state index in [-0.39, 0.29) is 0 Å². The molecular formula is C18H21NOS. The Hall–Kier alpha value is -1.87. The second-order valence-corrected chi connectivity index (χ2v) is 5.50. The SMILES string of the molecule is CCCCc1ccc(OCc2ccccc2C(N)=S)cc1. The van der Waals surface area contributed by atoms with Gasteiger partial charge in [-0.3, -0.25) is 0 Å². The molecule has 0 atom stereocenters. The van der Waals surface area contributed by atoms with Gasteiger partial charge in [-0.2, -0.15) is 0 Å². The van der Waals surface area contributed by atoms with Crippen molar-refractivity contribution >= 4 is 17.2 Å². The van der Waals surface area contributed by atoms with Crippen molar-refractivity contribution in [2.75, 3.05) is 0 Å². The molecule has 3 heteroatoms. The summed E-state index contributed by atoms with van der Waals surface area (Å²) in [5.41, 5.74) is 8.98. The van der Waals surface area contributed by atoms with Crippen molar-refractivity contribution in [1.29, 1.82) is 0 Å². The summed E-state index contributed by atoms with van der Waals surface area (Å²) in [5, 5.41) is 0. The van der Waals surface area contributed by atoms with Gasteiger partial charge in [0, 0.05) is 5.56 Å². The smallest absolute Gasteiger partial charge is 0.119 e. The van der Waals surface area contributed by atoms with Gasteiger partial charge in [0.1, 0.15) is 17.3 Å². The second kappa shape index (κ2) is 7.79. The van der Waals surface area contributed by atoms with Gasteiger partial charge in [0.15, 0.2) is 0 Å². The molecule has 0 amide bonds. The van der Waals surface area contributed by atoms with Crippen LogP contribution in [0, 0.1) is 0 Å². The predicted octanol–water partition coefficient (Wildman–Crippen LogP) is 4.24. The minimum absolute atomic E-state index is 0.407. The molecule has 0 aliphatic carbocycles. The van der Waals surface area contributed by atoms with Gasteiger partial charge in [-0.15, -0.1) is 0 Å². The molecule has 0 heterocycles. The van der Waals surface area contributed by atoms with E-state index in [4.69, 9.17) is 22.7 Å². The van der Waals surface area contributed by atoms with Crippen LogP contribution in [0.1, 0.15) is 36.5 Å². The second-order valence-electron chi connectivity index (χ2n) is 5.06. The van der Waals surface area contributed by atoms with Gasteiger partial charge in [0.2, 0.25) is 0 Å². The summed E-state index contributed by atoms with van der Waals surface area (Å²) in [4.78, 5) is 0.407. The largest absolute Gasteiger partial charge is 0.489 e. The Morgan fingerprint density at radius 2 is 1.81 bits per heavy atom. The lowest BCUT2D eigenvalue weighted by Crippen LogP contribution is -2.13. The fraction of sp³-hybridized carbons (Fsp3) is 0.278. The summed E-state index contributed by atoms with van der Waals surface area (Å²) in [5.74, 6) is 0.869. The molecule has 0 fully saturated rings. The van der Waals surface area contributed by atoms with E-state index in [9.17, 15) is 0 Å². The normalized spacial score (nSPS) is 10.3. The van der Waals surface area contributed by atoms with Gasteiger partial charge in [0.05, 0.1) is 0 Å². The number of aryl methyl sites for hydroxylation is 1. The van der Waals surface area contributed by atoms with Gasteiger partial charge in [-0.1, -0.05) is 62.0 Å². The summed E-state index contributed by atoms with van der Waals surface area (Å²) < 4.78 is 5.83. The van der Waals surface area contributed by atoms with Crippen molar-refractivity contribution in [3.8, 4) is 5.75 Å². The molecule has 0 saturated carbocycles. The minimum atomic E-state index is 0.407. The lowest BCUT2D eigenvalue weighted by Gasteiger charge is -2.10. The summed E-state index contributed by atoms with van der Waals surface area (Å²) in [6.07, 6.45) is 3.57. The average molecular weight is 299 g/mol. The van der Waals surface area contributed by atoms with Crippen LogP contribution in [0.15, 0.2) is 48.5 Å². The van der Waals surface area contributed by atoms with Crippen LogP contribution in [-0.4, -0.2) is 4.99 Å². The van der Waals surface area contributed by atoms with Crippen LogP contribution in [0.4, 0.5) is 0 Å². The third kappa shape index (κ3) is 4.57. The van der Waals surface area contributed by atoms with E-state index in [0.717, 1.165) is 23.3 Å². The first-order valence-electron chi connectivity index (χ1n) is 7.30. The molecule has 2 rings (SSSR count). The number of hydrogen-bond acceptors (Lipinski definition) is 2. The maximum Gasteiger partial charge on any atom is 0.119 e. The molecule has 2 nitrogen and oxygen atoms in total. The molecule has 2 aromatic carbocycles.